The number of hydrogen-bond donors (Lipinski definition) is 1. The quantitative estimate of drug-likeness (QED) is 0.840. The van der Waals surface area contributed by atoms with Crippen LogP contribution in [0.2, 0.25) is 0 Å². The van der Waals surface area contributed by atoms with Crippen LogP contribution >= 0.6 is 0 Å². The molecule has 1 N–H and O–H groups in total. The predicted octanol–water partition coefficient (Wildman–Crippen LogP) is 1.23. The summed E-state index contributed by atoms with van der Waals surface area (Å²) < 4.78 is 16.2. The Kier molecular flexibility index (Phi) is 4.84. The van der Waals surface area contributed by atoms with E-state index in [9.17, 15) is 4.79 Å². The second-order valence-electron chi connectivity index (χ2n) is 6.94. The predicted molar refractivity (Wildman–Crippen MR) is 97.2 cm³/mol. The molecule has 26 heavy (non-hydrogen) atoms. The summed E-state index contributed by atoms with van der Waals surface area (Å²) in [5.41, 5.74) is 2.26. The molecule has 0 spiro atoms. The molecule has 1 aromatic heterocycles. The zero-order valence-corrected chi connectivity index (χ0v) is 15.2. The fourth-order valence-electron chi connectivity index (χ4n) is 3.98. The number of aromatic nitrogens is 1. The third-order valence-corrected chi connectivity index (χ3v) is 5.27. The highest BCUT2D eigenvalue weighted by Crippen LogP contribution is 2.26. The van der Waals surface area contributed by atoms with Gasteiger partial charge in [-0.2, -0.15) is 0 Å². The number of carbonyl (C=O) groups is 1. The Morgan fingerprint density at radius 2 is 2.15 bits per heavy atom. The fraction of sp³-hybridized carbons (Fsp3) is 0.526. The number of nitrogens with zero attached hydrogens (tertiary/aromatic N) is 2. The van der Waals surface area contributed by atoms with Crippen molar-refractivity contribution in [2.75, 3.05) is 47.1 Å². The number of fused-ring (bicyclic) bond motifs is 2. The summed E-state index contributed by atoms with van der Waals surface area (Å²) in [5, 5.41) is 1.14. The van der Waals surface area contributed by atoms with Crippen molar-refractivity contribution in [3.8, 4) is 5.75 Å². The second kappa shape index (κ2) is 7.26. The van der Waals surface area contributed by atoms with E-state index in [1.165, 1.54) is 0 Å². The molecule has 2 aliphatic heterocycles. The molecule has 0 aliphatic carbocycles. The lowest BCUT2D eigenvalue weighted by Gasteiger charge is -2.36. The average Bonchev–Trinajstić information content (AvgIpc) is 3.23. The molecule has 0 radical (unpaired) electrons. The highest BCUT2D eigenvalue weighted by atomic mass is 16.5. The monoisotopic (exact) mass is 359 g/mol. The van der Waals surface area contributed by atoms with Gasteiger partial charge in [-0.15, -0.1) is 0 Å². The molecule has 1 aromatic carbocycles. The van der Waals surface area contributed by atoms with E-state index < -0.39 is 0 Å². The second-order valence-corrected chi connectivity index (χ2v) is 6.94. The van der Waals surface area contributed by atoms with E-state index in [4.69, 9.17) is 14.2 Å². The summed E-state index contributed by atoms with van der Waals surface area (Å²) in [6.45, 7) is 3.81. The standard InChI is InChI=1S/C19H25N3O4/c1-24-6-5-22-17-10-21(11-18(17)26-12-19(22)23)9-14-7-13-8-15(25-2)3-4-16(13)20-14/h3-4,7-8,17-18,20H,5-6,9-12H2,1-2H3/t17-,18-/m0/s1. The van der Waals surface area contributed by atoms with Crippen LogP contribution in [0.25, 0.3) is 10.9 Å². The number of hydrogen-bond acceptors (Lipinski definition) is 5. The van der Waals surface area contributed by atoms with E-state index in [2.05, 4.69) is 16.0 Å². The van der Waals surface area contributed by atoms with Crippen LogP contribution in [0.3, 0.4) is 0 Å². The molecule has 0 bridgehead atoms. The molecule has 2 saturated heterocycles. The zero-order chi connectivity index (χ0) is 18.1. The van der Waals surface area contributed by atoms with Gasteiger partial charge in [-0.05, 0) is 24.3 Å². The first-order valence-corrected chi connectivity index (χ1v) is 8.96. The smallest absolute Gasteiger partial charge is 0.249 e. The lowest BCUT2D eigenvalue weighted by atomic mass is 10.1. The van der Waals surface area contributed by atoms with Crippen LogP contribution in [0.1, 0.15) is 5.69 Å². The van der Waals surface area contributed by atoms with Crippen LogP contribution in [0, 0.1) is 0 Å². The molecule has 3 heterocycles. The summed E-state index contributed by atoms with van der Waals surface area (Å²) in [4.78, 5) is 19.9. The molecule has 0 unspecified atom stereocenters. The maximum atomic E-state index is 12.2. The van der Waals surface area contributed by atoms with E-state index in [0.29, 0.717) is 13.2 Å². The molecule has 0 saturated carbocycles. The maximum Gasteiger partial charge on any atom is 0.249 e. The number of rotatable bonds is 6. The highest BCUT2D eigenvalue weighted by Gasteiger charge is 2.42. The van der Waals surface area contributed by atoms with Gasteiger partial charge in [0.25, 0.3) is 0 Å². The normalized spacial score (nSPS) is 23.6. The van der Waals surface area contributed by atoms with Crippen molar-refractivity contribution in [3.63, 3.8) is 0 Å². The first kappa shape index (κ1) is 17.3. The summed E-state index contributed by atoms with van der Waals surface area (Å²) in [6, 6.07) is 8.30. The van der Waals surface area contributed by atoms with Gasteiger partial charge in [-0.25, -0.2) is 0 Å². The number of benzene rings is 1. The minimum Gasteiger partial charge on any atom is -0.497 e. The first-order valence-electron chi connectivity index (χ1n) is 8.96. The molecule has 7 heteroatoms. The Balaban J connectivity index is 1.45. The summed E-state index contributed by atoms with van der Waals surface area (Å²) in [7, 11) is 3.34. The Labute approximate surface area is 152 Å². The van der Waals surface area contributed by atoms with E-state index in [0.717, 1.165) is 42.0 Å². The molecule has 2 aliphatic rings. The van der Waals surface area contributed by atoms with Gasteiger partial charge in [0.15, 0.2) is 0 Å². The van der Waals surface area contributed by atoms with E-state index in [-0.39, 0.29) is 24.7 Å². The molecular formula is C19H25N3O4. The third-order valence-electron chi connectivity index (χ3n) is 5.27. The Hall–Kier alpha value is -2.09. The van der Waals surface area contributed by atoms with Crippen LogP contribution in [0.15, 0.2) is 24.3 Å². The number of methoxy groups -OCH3 is 2. The van der Waals surface area contributed by atoms with Crippen molar-refractivity contribution in [3.05, 3.63) is 30.0 Å². The van der Waals surface area contributed by atoms with Crippen molar-refractivity contribution >= 4 is 16.8 Å². The highest BCUT2D eigenvalue weighted by molar-refractivity contribution is 5.82. The van der Waals surface area contributed by atoms with Gasteiger partial charge in [-0.1, -0.05) is 0 Å². The van der Waals surface area contributed by atoms with Crippen molar-refractivity contribution < 1.29 is 19.0 Å². The minimum atomic E-state index is 0.0582. The molecule has 140 valence electrons. The van der Waals surface area contributed by atoms with Crippen molar-refractivity contribution in [2.24, 2.45) is 0 Å². The number of ether oxygens (including phenoxy) is 3. The van der Waals surface area contributed by atoms with E-state index in [1.54, 1.807) is 14.2 Å². The Morgan fingerprint density at radius 1 is 1.27 bits per heavy atom. The van der Waals surface area contributed by atoms with Crippen LogP contribution in [-0.2, 0) is 20.8 Å². The number of morpholine rings is 1. The molecule has 2 fully saturated rings. The van der Waals surface area contributed by atoms with Gasteiger partial charge in [0.1, 0.15) is 12.4 Å². The lowest BCUT2D eigenvalue weighted by Crippen LogP contribution is -2.54. The summed E-state index contributed by atoms with van der Waals surface area (Å²) in [6.07, 6.45) is 0.0778. The first-order chi connectivity index (χ1) is 12.7. The molecule has 2 atom stereocenters. The number of likely N-dealkylation sites (tertiary alicyclic amines) is 1. The van der Waals surface area contributed by atoms with Gasteiger partial charge in [0.2, 0.25) is 5.91 Å². The number of H-pyrrole nitrogens is 1. The Bertz CT molecular complexity index is 790. The number of nitrogens with one attached hydrogen (secondary N) is 1. The molecule has 2 aromatic rings. The molecular weight excluding hydrogens is 334 g/mol. The Morgan fingerprint density at radius 3 is 2.96 bits per heavy atom. The van der Waals surface area contributed by atoms with Crippen LogP contribution in [0.4, 0.5) is 0 Å². The SMILES string of the molecule is COCCN1C(=O)CO[C@H]2CN(Cc3cc4cc(OC)ccc4[nH]3)C[C@@H]21. The summed E-state index contributed by atoms with van der Waals surface area (Å²) in [5.74, 6) is 0.916. The third kappa shape index (κ3) is 3.30. The largest absolute Gasteiger partial charge is 0.497 e. The van der Waals surface area contributed by atoms with E-state index >= 15 is 0 Å². The van der Waals surface area contributed by atoms with Crippen molar-refractivity contribution in [1.29, 1.82) is 0 Å². The lowest BCUT2D eigenvalue weighted by molar-refractivity contribution is -0.153. The zero-order valence-electron chi connectivity index (χ0n) is 15.2. The average molecular weight is 359 g/mol. The van der Waals surface area contributed by atoms with Crippen LogP contribution in [-0.4, -0.2) is 79.9 Å². The van der Waals surface area contributed by atoms with Gasteiger partial charge in [0, 0.05) is 49.9 Å². The number of carbonyl (C=O) groups excluding carboxylic acids is 1. The minimum absolute atomic E-state index is 0.0582. The maximum absolute atomic E-state index is 12.2. The van der Waals surface area contributed by atoms with Crippen molar-refractivity contribution in [2.45, 2.75) is 18.7 Å². The van der Waals surface area contributed by atoms with Gasteiger partial charge in [0.05, 0.1) is 25.9 Å². The van der Waals surface area contributed by atoms with Crippen LogP contribution in [0.5, 0.6) is 5.75 Å². The topological polar surface area (TPSA) is 67.0 Å². The molecule has 1 amide bonds. The fourth-order valence-corrected chi connectivity index (χ4v) is 3.98. The number of aromatic amines is 1. The summed E-state index contributed by atoms with van der Waals surface area (Å²) >= 11 is 0. The van der Waals surface area contributed by atoms with Crippen LogP contribution < -0.4 is 4.74 Å². The molecule has 4 rings (SSSR count). The van der Waals surface area contributed by atoms with Crippen molar-refractivity contribution in [1.82, 2.24) is 14.8 Å². The van der Waals surface area contributed by atoms with E-state index in [1.807, 2.05) is 23.1 Å². The number of amides is 1. The van der Waals surface area contributed by atoms with Gasteiger partial charge >= 0.3 is 0 Å². The van der Waals surface area contributed by atoms with Gasteiger partial charge in [-0.3, -0.25) is 9.69 Å². The van der Waals surface area contributed by atoms with Gasteiger partial charge < -0.3 is 24.1 Å². The molecule has 7 nitrogen and oxygen atoms in total.